The molecule has 0 radical (unpaired) electrons. The fourth-order valence-corrected chi connectivity index (χ4v) is 2.96. The summed E-state index contributed by atoms with van der Waals surface area (Å²) in [5.74, 6) is 0. The van der Waals surface area contributed by atoms with E-state index in [1.807, 2.05) is 0 Å². The zero-order valence-corrected chi connectivity index (χ0v) is 15.0. The van der Waals surface area contributed by atoms with E-state index in [9.17, 15) is 0 Å². The highest BCUT2D eigenvalue weighted by molar-refractivity contribution is 9.10. The van der Waals surface area contributed by atoms with Crippen molar-refractivity contribution < 1.29 is 0 Å². The van der Waals surface area contributed by atoms with E-state index >= 15 is 0 Å². The number of benzene rings is 2. The van der Waals surface area contributed by atoms with Crippen molar-refractivity contribution in [1.29, 1.82) is 0 Å². The molecule has 1 atom stereocenters. The minimum atomic E-state index is 0.405. The summed E-state index contributed by atoms with van der Waals surface area (Å²) in [6, 6.07) is 15.4. The monoisotopic (exact) mass is 395 g/mol. The summed E-state index contributed by atoms with van der Waals surface area (Å²) < 4.78 is 2.27. The van der Waals surface area contributed by atoms with Gasteiger partial charge in [0, 0.05) is 20.7 Å². The van der Waals surface area contributed by atoms with E-state index in [1.54, 1.807) is 0 Å². The quantitative estimate of drug-likeness (QED) is 0.671. The maximum atomic E-state index is 3.62. The smallest absolute Gasteiger partial charge is 0.0375 e. The number of hydrogen-bond acceptors (Lipinski definition) is 1. The normalized spacial score (nSPS) is 12.2. The SMILES string of the molecule is CCc1cc(Br)ccc1NC(C)Cc1ccc(Br)cc1. The lowest BCUT2D eigenvalue weighted by atomic mass is 10.1. The third kappa shape index (κ3) is 4.35. The molecule has 0 aliphatic heterocycles. The standard InChI is InChI=1S/C17H19Br2N/c1-3-14-11-16(19)8-9-17(14)20-12(2)10-13-4-6-15(18)7-5-13/h4-9,11-12,20H,3,10H2,1-2H3. The summed E-state index contributed by atoms with van der Waals surface area (Å²) in [7, 11) is 0. The van der Waals surface area contributed by atoms with Crippen LogP contribution in [-0.4, -0.2) is 6.04 Å². The third-order valence-electron chi connectivity index (χ3n) is 3.31. The molecule has 0 aliphatic carbocycles. The van der Waals surface area contributed by atoms with Crippen LogP contribution in [0.15, 0.2) is 51.4 Å². The van der Waals surface area contributed by atoms with Gasteiger partial charge in [-0.15, -0.1) is 0 Å². The van der Waals surface area contributed by atoms with Crippen molar-refractivity contribution in [3.8, 4) is 0 Å². The Morgan fingerprint density at radius 2 is 1.65 bits per heavy atom. The largest absolute Gasteiger partial charge is 0.382 e. The predicted octanol–water partition coefficient (Wildman–Crippen LogP) is 5.82. The van der Waals surface area contributed by atoms with Crippen LogP contribution in [0.25, 0.3) is 0 Å². The molecule has 1 nitrogen and oxygen atoms in total. The van der Waals surface area contributed by atoms with Gasteiger partial charge in [0.25, 0.3) is 0 Å². The van der Waals surface area contributed by atoms with Crippen LogP contribution in [-0.2, 0) is 12.8 Å². The van der Waals surface area contributed by atoms with Crippen LogP contribution in [0, 0.1) is 0 Å². The van der Waals surface area contributed by atoms with Gasteiger partial charge < -0.3 is 5.32 Å². The minimum absolute atomic E-state index is 0.405. The van der Waals surface area contributed by atoms with Gasteiger partial charge in [0.05, 0.1) is 0 Å². The van der Waals surface area contributed by atoms with Crippen molar-refractivity contribution in [3.63, 3.8) is 0 Å². The Kier molecular flexibility index (Phi) is 5.67. The van der Waals surface area contributed by atoms with Crippen LogP contribution in [0.2, 0.25) is 0 Å². The highest BCUT2D eigenvalue weighted by Crippen LogP contribution is 2.23. The first-order chi connectivity index (χ1) is 9.58. The Morgan fingerprint density at radius 3 is 2.30 bits per heavy atom. The summed E-state index contributed by atoms with van der Waals surface area (Å²) in [5, 5.41) is 3.62. The van der Waals surface area contributed by atoms with Gasteiger partial charge in [-0.3, -0.25) is 0 Å². The molecule has 1 unspecified atom stereocenters. The van der Waals surface area contributed by atoms with Gasteiger partial charge in [0.2, 0.25) is 0 Å². The molecule has 0 spiro atoms. The molecular formula is C17H19Br2N. The summed E-state index contributed by atoms with van der Waals surface area (Å²) >= 11 is 7.00. The van der Waals surface area contributed by atoms with Crippen LogP contribution in [0.4, 0.5) is 5.69 Å². The molecule has 0 aromatic heterocycles. The number of rotatable bonds is 5. The molecular weight excluding hydrogens is 378 g/mol. The molecule has 0 aliphatic rings. The van der Waals surface area contributed by atoms with Crippen LogP contribution >= 0.6 is 31.9 Å². The van der Waals surface area contributed by atoms with Gasteiger partial charge in [-0.05, 0) is 61.2 Å². The first-order valence-corrected chi connectivity index (χ1v) is 8.46. The highest BCUT2D eigenvalue weighted by atomic mass is 79.9. The molecule has 0 bridgehead atoms. The Hall–Kier alpha value is -0.800. The molecule has 0 amide bonds. The van der Waals surface area contributed by atoms with Crippen molar-refractivity contribution in [2.75, 3.05) is 5.32 Å². The lowest BCUT2D eigenvalue weighted by Crippen LogP contribution is -2.19. The van der Waals surface area contributed by atoms with Crippen molar-refractivity contribution in [2.45, 2.75) is 32.7 Å². The van der Waals surface area contributed by atoms with Gasteiger partial charge in [0.1, 0.15) is 0 Å². The predicted molar refractivity (Wildman–Crippen MR) is 94.5 cm³/mol. The van der Waals surface area contributed by atoms with E-state index in [4.69, 9.17) is 0 Å². The second-order valence-corrected chi connectivity index (χ2v) is 6.86. The van der Waals surface area contributed by atoms with E-state index in [2.05, 4.69) is 93.5 Å². The van der Waals surface area contributed by atoms with Gasteiger partial charge in [0.15, 0.2) is 0 Å². The minimum Gasteiger partial charge on any atom is -0.382 e. The fraction of sp³-hybridized carbons (Fsp3) is 0.294. The topological polar surface area (TPSA) is 12.0 Å². The summed E-state index contributed by atoms with van der Waals surface area (Å²) in [4.78, 5) is 0. The molecule has 20 heavy (non-hydrogen) atoms. The first-order valence-electron chi connectivity index (χ1n) is 6.88. The van der Waals surface area contributed by atoms with E-state index in [1.165, 1.54) is 16.8 Å². The van der Waals surface area contributed by atoms with Crippen LogP contribution < -0.4 is 5.32 Å². The fourth-order valence-electron chi connectivity index (χ4n) is 2.29. The molecule has 2 aromatic rings. The molecule has 2 rings (SSSR count). The Morgan fingerprint density at radius 1 is 1.00 bits per heavy atom. The molecule has 0 saturated heterocycles. The second kappa shape index (κ2) is 7.28. The second-order valence-electron chi connectivity index (χ2n) is 5.03. The number of halogens is 2. The Bertz CT molecular complexity index is 564. The lowest BCUT2D eigenvalue weighted by Gasteiger charge is -2.18. The van der Waals surface area contributed by atoms with E-state index in [0.717, 1.165) is 21.8 Å². The summed E-state index contributed by atoms with van der Waals surface area (Å²) in [6.45, 7) is 4.41. The van der Waals surface area contributed by atoms with Crippen molar-refractivity contribution >= 4 is 37.5 Å². The first kappa shape index (κ1) is 15.6. The van der Waals surface area contributed by atoms with Crippen molar-refractivity contribution in [3.05, 3.63) is 62.5 Å². The molecule has 2 aromatic carbocycles. The van der Waals surface area contributed by atoms with E-state index < -0.39 is 0 Å². The van der Waals surface area contributed by atoms with E-state index in [0.29, 0.717) is 6.04 Å². The van der Waals surface area contributed by atoms with E-state index in [-0.39, 0.29) is 0 Å². The number of nitrogens with one attached hydrogen (secondary N) is 1. The average molecular weight is 397 g/mol. The molecule has 3 heteroatoms. The van der Waals surface area contributed by atoms with Crippen LogP contribution in [0.1, 0.15) is 25.0 Å². The third-order valence-corrected chi connectivity index (χ3v) is 4.33. The van der Waals surface area contributed by atoms with Crippen molar-refractivity contribution in [1.82, 2.24) is 0 Å². The Labute approximate surface area is 138 Å². The molecule has 1 N–H and O–H groups in total. The maximum Gasteiger partial charge on any atom is 0.0375 e. The Balaban J connectivity index is 2.04. The van der Waals surface area contributed by atoms with Crippen molar-refractivity contribution in [2.24, 2.45) is 0 Å². The highest BCUT2D eigenvalue weighted by Gasteiger charge is 2.07. The zero-order valence-electron chi connectivity index (χ0n) is 11.8. The van der Waals surface area contributed by atoms with Crippen LogP contribution in [0.3, 0.4) is 0 Å². The lowest BCUT2D eigenvalue weighted by molar-refractivity contribution is 0.787. The van der Waals surface area contributed by atoms with Gasteiger partial charge >= 0.3 is 0 Å². The van der Waals surface area contributed by atoms with Crippen LogP contribution in [0.5, 0.6) is 0 Å². The molecule has 0 heterocycles. The molecule has 106 valence electrons. The van der Waals surface area contributed by atoms with Gasteiger partial charge in [-0.2, -0.15) is 0 Å². The average Bonchev–Trinajstić information content (AvgIpc) is 2.43. The summed E-state index contributed by atoms with van der Waals surface area (Å²) in [6.07, 6.45) is 2.05. The number of aryl methyl sites for hydroxylation is 1. The zero-order chi connectivity index (χ0) is 14.5. The van der Waals surface area contributed by atoms with Gasteiger partial charge in [-0.25, -0.2) is 0 Å². The number of hydrogen-bond donors (Lipinski definition) is 1. The maximum absolute atomic E-state index is 3.62. The molecule has 0 fully saturated rings. The van der Waals surface area contributed by atoms with Gasteiger partial charge in [-0.1, -0.05) is 50.9 Å². The summed E-state index contributed by atoms with van der Waals surface area (Å²) in [5.41, 5.74) is 3.94. The molecule has 0 saturated carbocycles. The number of anilines is 1.